The average molecular weight is 271 g/mol. The van der Waals surface area contributed by atoms with E-state index in [1.165, 1.54) is 0 Å². The third kappa shape index (κ3) is 2.02. The number of halogens is 1. The molecule has 0 saturated carbocycles. The molecule has 0 saturated heterocycles. The van der Waals surface area contributed by atoms with Crippen molar-refractivity contribution in [2.24, 2.45) is 0 Å². The van der Waals surface area contributed by atoms with E-state index in [9.17, 15) is 0 Å². The van der Waals surface area contributed by atoms with Gasteiger partial charge >= 0.3 is 0 Å². The molecule has 3 rings (SSSR count). The van der Waals surface area contributed by atoms with Crippen molar-refractivity contribution in [1.29, 1.82) is 0 Å². The Labute approximate surface area is 115 Å². The summed E-state index contributed by atoms with van der Waals surface area (Å²) in [5, 5.41) is 1.60. The van der Waals surface area contributed by atoms with Crippen molar-refractivity contribution < 1.29 is 4.74 Å². The number of nitrogens with zero attached hydrogens (tertiary/aromatic N) is 2. The number of methoxy groups -OCH3 is 1. The summed E-state index contributed by atoms with van der Waals surface area (Å²) in [6.07, 6.45) is 3.47. The van der Waals surface area contributed by atoms with E-state index in [2.05, 4.69) is 9.97 Å². The van der Waals surface area contributed by atoms with Crippen molar-refractivity contribution in [2.75, 3.05) is 7.11 Å². The van der Waals surface area contributed by atoms with E-state index in [0.717, 1.165) is 27.9 Å². The molecule has 94 valence electrons. The number of hydrogen-bond acceptors (Lipinski definition) is 3. The van der Waals surface area contributed by atoms with E-state index in [1.54, 1.807) is 19.5 Å². The van der Waals surface area contributed by atoms with Gasteiger partial charge in [0.15, 0.2) is 0 Å². The van der Waals surface area contributed by atoms with Gasteiger partial charge in [0.25, 0.3) is 0 Å². The van der Waals surface area contributed by atoms with Crippen LogP contribution >= 0.6 is 11.6 Å². The highest BCUT2D eigenvalue weighted by Gasteiger charge is 2.11. The predicted molar refractivity (Wildman–Crippen MR) is 76.5 cm³/mol. The van der Waals surface area contributed by atoms with Gasteiger partial charge in [-0.25, -0.2) is 0 Å². The molecule has 0 bridgehead atoms. The molecule has 0 aliphatic carbocycles. The summed E-state index contributed by atoms with van der Waals surface area (Å²) >= 11 is 6.22. The molecule has 2 heterocycles. The summed E-state index contributed by atoms with van der Waals surface area (Å²) in [5.41, 5.74) is 2.52. The first-order chi connectivity index (χ1) is 9.31. The van der Waals surface area contributed by atoms with Crippen molar-refractivity contribution in [2.45, 2.75) is 0 Å². The molecular formula is C15H11ClN2O. The maximum Gasteiger partial charge on any atom is 0.145 e. The first kappa shape index (κ1) is 11.9. The Balaban J connectivity index is 2.35. The zero-order chi connectivity index (χ0) is 13.2. The molecule has 1 aromatic carbocycles. The van der Waals surface area contributed by atoms with Crippen molar-refractivity contribution in [3.05, 3.63) is 53.8 Å². The summed E-state index contributed by atoms with van der Waals surface area (Å²) in [6, 6.07) is 11.4. The van der Waals surface area contributed by atoms with Gasteiger partial charge in [-0.2, -0.15) is 0 Å². The van der Waals surface area contributed by atoms with Crippen LogP contribution in [0, 0.1) is 0 Å². The smallest absolute Gasteiger partial charge is 0.145 e. The normalized spacial score (nSPS) is 10.6. The predicted octanol–water partition coefficient (Wildman–Crippen LogP) is 3.96. The lowest BCUT2D eigenvalue weighted by molar-refractivity contribution is 0.419. The lowest BCUT2D eigenvalue weighted by Crippen LogP contribution is -1.91. The fraction of sp³-hybridized carbons (Fsp3) is 0.0667. The van der Waals surface area contributed by atoms with Crippen LogP contribution < -0.4 is 4.74 Å². The first-order valence-electron chi connectivity index (χ1n) is 5.84. The maximum absolute atomic E-state index is 6.22. The summed E-state index contributed by atoms with van der Waals surface area (Å²) < 4.78 is 5.33. The van der Waals surface area contributed by atoms with E-state index in [4.69, 9.17) is 16.3 Å². The summed E-state index contributed by atoms with van der Waals surface area (Å²) in [7, 11) is 1.64. The van der Waals surface area contributed by atoms with Gasteiger partial charge in [0.2, 0.25) is 0 Å². The summed E-state index contributed by atoms with van der Waals surface area (Å²) in [5.74, 6) is 0.742. The number of fused-ring (bicyclic) bond motifs is 1. The number of pyridine rings is 2. The molecule has 0 N–H and O–H groups in total. The molecule has 0 atom stereocenters. The van der Waals surface area contributed by atoms with E-state index in [0.29, 0.717) is 5.02 Å². The summed E-state index contributed by atoms with van der Waals surface area (Å²) in [6.45, 7) is 0. The number of rotatable bonds is 2. The Hall–Kier alpha value is -2.13. The van der Waals surface area contributed by atoms with Crippen LogP contribution in [-0.2, 0) is 0 Å². The van der Waals surface area contributed by atoms with E-state index >= 15 is 0 Å². The van der Waals surface area contributed by atoms with Gasteiger partial charge in [-0.3, -0.25) is 9.97 Å². The van der Waals surface area contributed by atoms with Gasteiger partial charge in [-0.15, -0.1) is 0 Å². The third-order valence-electron chi connectivity index (χ3n) is 2.97. The molecule has 3 aromatic rings. The fourth-order valence-electron chi connectivity index (χ4n) is 2.10. The van der Waals surface area contributed by atoms with Gasteiger partial charge in [0.1, 0.15) is 11.3 Å². The van der Waals surface area contributed by atoms with Crippen LogP contribution in [0.1, 0.15) is 0 Å². The molecule has 2 aromatic heterocycles. The molecule has 4 heteroatoms. The van der Waals surface area contributed by atoms with Crippen molar-refractivity contribution in [3.63, 3.8) is 0 Å². The minimum Gasteiger partial charge on any atom is -0.494 e. The Morgan fingerprint density at radius 2 is 1.79 bits per heavy atom. The van der Waals surface area contributed by atoms with Crippen LogP contribution in [-0.4, -0.2) is 17.1 Å². The van der Waals surface area contributed by atoms with Crippen molar-refractivity contribution in [3.8, 4) is 17.0 Å². The minimum absolute atomic E-state index is 0.623. The molecule has 0 aliphatic heterocycles. The topological polar surface area (TPSA) is 35.0 Å². The standard InChI is InChI=1S/C15H11ClN2O/c1-19-13-7-6-11(10-4-2-8-18-15(10)13)14-12(16)5-3-9-17-14/h2-9H,1H3. The molecule has 0 fully saturated rings. The molecule has 0 spiro atoms. The zero-order valence-corrected chi connectivity index (χ0v) is 11.1. The quantitative estimate of drug-likeness (QED) is 0.707. The van der Waals surface area contributed by atoms with E-state index in [1.807, 2.05) is 36.4 Å². The SMILES string of the molecule is COc1ccc(-c2ncccc2Cl)c2cccnc12. The van der Waals surface area contributed by atoms with Crippen LogP contribution in [0.25, 0.3) is 22.2 Å². The van der Waals surface area contributed by atoms with E-state index < -0.39 is 0 Å². The zero-order valence-electron chi connectivity index (χ0n) is 10.3. The van der Waals surface area contributed by atoms with Gasteiger partial charge in [-0.1, -0.05) is 17.7 Å². The molecule has 0 aliphatic rings. The van der Waals surface area contributed by atoms with Crippen molar-refractivity contribution in [1.82, 2.24) is 9.97 Å². The number of hydrogen-bond donors (Lipinski definition) is 0. The molecular weight excluding hydrogens is 260 g/mol. The Bertz CT molecular complexity index is 743. The Morgan fingerprint density at radius 3 is 2.58 bits per heavy atom. The van der Waals surface area contributed by atoms with Crippen LogP contribution in [0.2, 0.25) is 5.02 Å². The van der Waals surface area contributed by atoms with Crippen LogP contribution in [0.4, 0.5) is 0 Å². The fourth-order valence-corrected chi connectivity index (χ4v) is 2.33. The highest BCUT2D eigenvalue weighted by Crippen LogP contribution is 2.34. The second-order valence-corrected chi connectivity index (χ2v) is 4.46. The molecule has 0 unspecified atom stereocenters. The van der Waals surface area contributed by atoms with Crippen LogP contribution in [0.3, 0.4) is 0 Å². The monoisotopic (exact) mass is 270 g/mol. The Kier molecular flexibility index (Phi) is 3.05. The second kappa shape index (κ2) is 4.86. The lowest BCUT2D eigenvalue weighted by atomic mass is 10.0. The second-order valence-electron chi connectivity index (χ2n) is 4.05. The van der Waals surface area contributed by atoms with Crippen molar-refractivity contribution >= 4 is 22.5 Å². The lowest BCUT2D eigenvalue weighted by Gasteiger charge is -2.10. The first-order valence-corrected chi connectivity index (χ1v) is 6.21. The van der Waals surface area contributed by atoms with Crippen LogP contribution in [0.15, 0.2) is 48.8 Å². The molecule has 19 heavy (non-hydrogen) atoms. The van der Waals surface area contributed by atoms with Crippen LogP contribution in [0.5, 0.6) is 5.75 Å². The number of ether oxygens (including phenoxy) is 1. The van der Waals surface area contributed by atoms with E-state index in [-0.39, 0.29) is 0 Å². The molecule has 3 nitrogen and oxygen atoms in total. The highest BCUT2D eigenvalue weighted by atomic mass is 35.5. The number of benzene rings is 1. The maximum atomic E-state index is 6.22. The average Bonchev–Trinajstić information content (AvgIpc) is 2.47. The highest BCUT2D eigenvalue weighted by molar-refractivity contribution is 6.33. The van der Waals surface area contributed by atoms with Gasteiger partial charge in [0.05, 0.1) is 17.8 Å². The minimum atomic E-state index is 0.623. The van der Waals surface area contributed by atoms with Gasteiger partial charge < -0.3 is 4.74 Å². The van der Waals surface area contributed by atoms with Gasteiger partial charge in [-0.05, 0) is 30.3 Å². The number of aromatic nitrogens is 2. The third-order valence-corrected chi connectivity index (χ3v) is 3.27. The Morgan fingerprint density at radius 1 is 1.00 bits per heavy atom. The largest absolute Gasteiger partial charge is 0.494 e. The molecule has 0 radical (unpaired) electrons. The van der Waals surface area contributed by atoms with Gasteiger partial charge in [0, 0.05) is 23.3 Å². The molecule has 0 amide bonds. The summed E-state index contributed by atoms with van der Waals surface area (Å²) in [4.78, 5) is 8.73.